The Morgan fingerprint density at radius 1 is 0.640 bits per heavy atom. The average molecular weight is 325 g/mol. The molecular weight excluding hydrogens is 306 g/mol. The van der Waals surface area contributed by atoms with Gasteiger partial charge in [0.05, 0.1) is 5.69 Å². The predicted molar refractivity (Wildman–Crippen MR) is 102 cm³/mol. The molecule has 0 N–H and O–H groups in total. The molecular formula is C22H19N3. The Bertz CT molecular complexity index is 919. The van der Waals surface area contributed by atoms with E-state index in [9.17, 15) is 0 Å². The van der Waals surface area contributed by atoms with Crippen LogP contribution in [0.5, 0.6) is 0 Å². The minimum absolute atomic E-state index is 0.733. The largest absolute Gasteiger partial charge is 0.213 e. The molecule has 4 aromatic rings. The van der Waals surface area contributed by atoms with Crippen molar-refractivity contribution < 1.29 is 0 Å². The number of hydrogen-bond acceptors (Lipinski definition) is 2. The van der Waals surface area contributed by atoms with E-state index in [-0.39, 0.29) is 0 Å². The lowest BCUT2D eigenvalue weighted by Gasteiger charge is -2.06. The van der Waals surface area contributed by atoms with Gasteiger partial charge in [0.1, 0.15) is 0 Å². The Kier molecular flexibility index (Phi) is 3.90. The molecule has 0 amide bonds. The van der Waals surface area contributed by atoms with Crippen molar-refractivity contribution in [3.8, 4) is 28.5 Å². The lowest BCUT2D eigenvalue weighted by molar-refractivity contribution is 0.890. The molecule has 122 valence electrons. The Labute approximate surface area is 147 Å². The summed E-state index contributed by atoms with van der Waals surface area (Å²) in [5.74, 6) is 1.58. The van der Waals surface area contributed by atoms with Gasteiger partial charge in [-0.05, 0) is 26.0 Å². The molecule has 0 spiro atoms. The van der Waals surface area contributed by atoms with E-state index >= 15 is 0 Å². The van der Waals surface area contributed by atoms with E-state index in [1.807, 2.05) is 35.0 Å². The van der Waals surface area contributed by atoms with Crippen molar-refractivity contribution in [2.24, 2.45) is 0 Å². The van der Waals surface area contributed by atoms with Gasteiger partial charge in [-0.25, -0.2) is 9.67 Å². The first kappa shape index (κ1) is 15.3. The molecule has 0 aliphatic rings. The van der Waals surface area contributed by atoms with Gasteiger partial charge in [0, 0.05) is 11.1 Å². The molecule has 3 heteroatoms. The summed E-state index contributed by atoms with van der Waals surface area (Å²) in [5, 5.41) is 4.78. The topological polar surface area (TPSA) is 30.7 Å². The third-order valence-electron chi connectivity index (χ3n) is 4.23. The first-order valence-electron chi connectivity index (χ1n) is 8.37. The van der Waals surface area contributed by atoms with Crippen LogP contribution in [0.3, 0.4) is 0 Å². The molecule has 0 atom stereocenters. The van der Waals surface area contributed by atoms with E-state index in [0.717, 1.165) is 28.5 Å². The highest BCUT2D eigenvalue weighted by Gasteiger charge is 2.14. The van der Waals surface area contributed by atoms with Gasteiger partial charge in [-0.1, -0.05) is 77.9 Å². The van der Waals surface area contributed by atoms with Gasteiger partial charge >= 0.3 is 0 Å². The SMILES string of the molecule is Cc1ccc(-c2nc(-c3ccccc3)nn2-c2ccc(C)cc2)cc1. The molecule has 0 saturated carbocycles. The fraction of sp³-hybridized carbons (Fsp3) is 0.0909. The summed E-state index contributed by atoms with van der Waals surface area (Å²) in [5.41, 5.74) is 5.54. The number of aromatic nitrogens is 3. The van der Waals surface area contributed by atoms with Crippen molar-refractivity contribution in [3.05, 3.63) is 90.0 Å². The molecule has 1 heterocycles. The van der Waals surface area contributed by atoms with Crippen LogP contribution in [-0.4, -0.2) is 14.8 Å². The zero-order chi connectivity index (χ0) is 17.2. The van der Waals surface area contributed by atoms with E-state index in [0.29, 0.717) is 0 Å². The van der Waals surface area contributed by atoms with Crippen LogP contribution in [0.15, 0.2) is 78.9 Å². The van der Waals surface area contributed by atoms with Crippen LogP contribution in [0.25, 0.3) is 28.5 Å². The smallest absolute Gasteiger partial charge is 0.182 e. The van der Waals surface area contributed by atoms with Crippen molar-refractivity contribution in [2.45, 2.75) is 13.8 Å². The first-order valence-corrected chi connectivity index (χ1v) is 8.37. The lowest BCUT2D eigenvalue weighted by Crippen LogP contribution is -1.99. The normalized spacial score (nSPS) is 10.8. The van der Waals surface area contributed by atoms with Crippen molar-refractivity contribution in [1.82, 2.24) is 14.8 Å². The summed E-state index contributed by atoms with van der Waals surface area (Å²) < 4.78 is 1.92. The van der Waals surface area contributed by atoms with Crippen molar-refractivity contribution in [3.63, 3.8) is 0 Å². The quantitative estimate of drug-likeness (QED) is 0.517. The standard InChI is InChI=1S/C22H19N3/c1-16-8-12-19(13-9-16)22-23-21(18-6-4-3-5-7-18)24-25(22)20-14-10-17(2)11-15-20/h3-15H,1-2H3. The molecule has 0 bridgehead atoms. The third kappa shape index (κ3) is 3.09. The van der Waals surface area contributed by atoms with E-state index in [1.165, 1.54) is 11.1 Å². The second-order valence-electron chi connectivity index (χ2n) is 6.24. The Morgan fingerprint density at radius 2 is 1.24 bits per heavy atom. The van der Waals surface area contributed by atoms with Gasteiger partial charge in [-0.15, -0.1) is 5.10 Å². The van der Waals surface area contributed by atoms with Gasteiger partial charge in [0.2, 0.25) is 0 Å². The number of benzene rings is 3. The van der Waals surface area contributed by atoms with Gasteiger partial charge in [-0.3, -0.25) is 0 Å². The maximum Gasteiger partial charge on any atom is 0.182 e. The van der Waals surface area contributed by atoms with Gasteiger partial charge in [0.25, 0.3) is 0 Å². The van der Waals surface area contributed by atoms with Crippen LogP contribution in [0, 0.1) is 13.8 Å². The molecule has 0 aliphatic heterocycles. The summed E-state index contributed by atoms with van der Waals surface area (Å²) in [7, 11) is 0. The van der Waals surface area contributed by atoms with Gasteiger partial charge in [-0.2, -0.15) is 0 Å². The number of nitrogens with zero attached hydrogens (tertiary/aromatic N) is 3. The molecule has 0 aliphatic carbocycles. The molecule has 3 aromatic carbocycles. The molecule has 25 heavy (non-hydrogen) atoms. The third-order valence-corrected chi connectivity index (χ3v) is 4.23. The zero-order valence-corrected chi connectivity index (χ0v) is 14.3. The molecule has 0 unspecified atom stereocenters. The molecule has 0 saturated heterocycles. The lowest BCUT2D eigenvalue weighted by atomic mass is 10.1. The Hall–Kier alpha value is -3.20. The molecule has 0 radical (unpaired) electrons. The monoisotopic (exact) mass is 325 g/mol. The number of aryl methyl sites for hydroxylation is 2. The van der Waals surface area contributed by atoms with Crippen LogP contribution < -0.4 is 0 Å². The van der Waals surface area contributed by atoms with E-state index in [4.69, 9.17) is 10.1 Å². The minimum Gasteiger partial charge on any atom is -0.213 e. The Morgan fingerprint density at radius 3 is 1.88 bits per heavy atom. The highest BCUT2D eigenvalue weighted by molar-refractivity contribution is 5.64. The van der Waals surface area contributed by atoms with Crippen LogP contribution in [0.2, 0.25) is 0 Å². The van der Waals surface area contributed by atoms with Crippen LogP contribution >= 0.6 is 0 Å². The molecule has 3 nitrogen and oxygen atoms in total. The summed E-state index contributed by atoms with van der Waals surface area (Å²) in [6.45, 7) is 4.17. The van der Waals surface area contributed by atoms with Crippen LogP contribution in [0.1, 0.15) is 11.1 Å². The van der Waals surface area contributed by atoms with Crippen LogP contribution in [-0.2, 0) is 0 Å². The predicted octanol–water partition coefficient (Wildman–Crippen LogP) is 5.22. The summed E-state index contributed by atoms with van der Waals surface area (Å²) in [4.78, 5) is 4.83. The van der Waals surface area contributed by atoms with Gasteiger partial charge in [0.15, 0.2) is 11.6 Å². The fourth-order valence-corrected chi connectivity index (χ4v) is 2.78. The average Bonchev–Trinajstić information content (AvgIpc) is 3.09. The summed E-state index contributed by atoms with van der Waals surface area (Å²) >= 11 is 0. The van der Waals surface area contributed by atoms with Crippen LogP contribution in [0.4, 0.5) is 0 Å². The number of rotatable bonds is 3. The van der Waals surface area contributed by atoms with Crippen molar-refractivity contribution in [2.75, 3.05) is 0 Å². The summed E-state index contributed by atoms with van der Waals surface area (Å²) in [6, 6.07) is 26.8. The maximum atomic E-state index is 4.83. The van der Waals surface area contributed by atoms with Gasteiger partial charge < -0.3 is 0 Å². The Balaban J connectivity index is 1.89. The van der Waals surface area contributed by atoms with E-state index in [2.05, 4.69) is 62.4 Å². The zero-order valence-electron chi connectivity index (χ0n) is 14.3. The highest BCUT2D eigenvalue weighted by Crippen LogP contribution is 2.25. The molecule has 4 rings (SSSR count). The maximum absolute atomic E-state index is 4.83. The minimum atomic E-state index is 0.733. The second-order valence-corrected chi connectivity index (χ2v) is 6.24. The second kappa shape index (κ2) is 6.36. The first-order chi connectivity index (χ1) is 12.2. The van der Waals surface area contributed by atoms with Crippen molar-refractivity contribution >= 4 is 0 Å². The molecule has 1 aromatic heterocycles. The number of hydrogen-bond donors (Lipinski definition) is 0. The van der Waals surface area contributed by atoms with E-state index in [1.54, 1.807) is 0 Å². The van der Waals surface area contributed by atoms with Crippen molar-refractivity contribution in [1.29, 1.82) is 0 Å². The highest BCUT2D eigenvalue weighted by atomic mass is 15.4. The fourth-order valence-electron chi connectivity index (χ4n) is 2.78. The molecule has 0 fully saturated rings. The van der Waals surface area contributed by atoms with E-state index < -0.39 is 0 Å². The summed E-state index contributed by atoms with van der Waals surface area (Å²) in [6.07, 6.45) is 0.